The van der Waals surface area contributed by atoms with Crippen molar-refractivity contribution < 1.29 is 4.79 Å². The lowest BCUT2D eigenvalue weighted by molar-refractivity contribution is 0.0695. The minimum absolute atomic E-state index is 0.177. The molecule has 3 nitrogen and oxygen atoms in total. The summed E-state index contributed by atoms with van der Waals surface area (Å²) in [5, 5.41) is 0. The maximum Gasteiger partial charge on any atom is 0.255 e. The molecule has 1 heterocycles. The Morgan fingerprint density at radius 3 is 2.84 bits per heavy atom. The number of likely N-dealkylation sites (N-methyl/N-ethyl adjacent to an activating group) is 1. The van der Waals surface area contributed by atoms with Crippen LogP contribution in [-0.2, 0) is 0 Å². The first kappa shape index (κ1) is 14.8. The van der Waals surface area contributed by atoms with E-state index in [4.69, 9.17) is 0 Å². The van der Waals surface area contributed by atoms with Crippen molar-refractivity contribution in [3.8, 4) is 0 Å². The van der Waals surface area contributed by atoms with Crippen LogP contribution in [0.3, 0.4) is 0 Å². The Balaban J connectivity index is 2.25. The molecule has 1 aliphatic rings. The van der Waals surface area contributed by atoms with Gasteiger partial charge in [-0.1, -0.05) is 12.1 Å². The fourth-order valence-electron chi connectivity index (χ4n) is 2.64. The number of benzene rings is 1. The molecular formula is C15H21IN2O. The Labute approximate surface area is 129 Å². The second-order valence-electron chi connectivity index (χ2n) is 5.40. The van der Waals surface area contributed by atoms with Crippen LogP contribution in [0.5, 0.6) is 0 Å². The number of aryl methyl sites for hydroxylation is 1. The molecule has 1 amide bonds. The van der Waals surface area contributed by atoms with Gasteiger partial charge >= 0.3 is 0 Å². The molecule has 0 saturated carbocycles. The van der Waals surface area contributed by atoms with Crippen molar-refractivity contribution in [1.82, 2.24) is 9.80 Å². The van der Waals surface area contributed by atoms with E-state index in [0.717, 1.165) is 35.2 Å². The van der Waals surface area contributed by atoms with Crippen molar-refractivity contribution in [2.75, 3.05) is 26.7 Å². The second kappa shape index (κ2) is 6.22. The maximum absolute atomic E-state index is 12.7. The summed E-state index contributed by atoms with van der Waals surface area (Å²) < 4.78 is 1.08. The van der Waals surface area contributed by atoms with Crippen LogP contribution in [0, 0.1) is 10.5 Å². The molecule has 1 saturated heterocycles. The van der Waals surface area contributed by atoms with E-state index in [9.17, 15) is 4.79 Å². The summed E-state index contributed by atoms with van der Waals surface area (Å²) >= 11 is 2.28. The highest BCUT2D eigenvalue weighted by molar-refractivity contribution is 14.1. The van der Waals surface area contributed by atoms with Crippen molar-refractivity contribution in [3.05, 3.63) is 32.9 Å². The van der Waals surface area contributed by atoms with Crippen LogP contribution in [-0.4, -0.2) is 48.4 Å². The first-order valence-corrected chi connectivity index (χ1v) is 7.83. The number of carbonyl (C=O) groups excluding carboxylic acids is 1. The largest absolute Gasteiger partial charge is 0.335 e. The van der Waals surface area contributed by atoms with Gasteiger partial charge in [0.25, 0.3) is 5.91 Å². The molecular weight excluding hydrogens is 351 g/mol. The van der Waals surface area contributed by atoms with Gasteiger partial charge in [0.1, 0.15) is 0 Å². The van der Waals surface area contributed by atoms with E-state index in [2.05, 4.69) is 54.5 Å². The van der Waals surface area contributed by atoms with E-state index in [-0.39, 0.29) is 11.9 Å². The zero-order chi connectivity index (χ0) is 14.0. The molecule has 1 aromatic rings. The fraction of sp³-hybridized carbons (Fsp3) is 0.533. The lowest BCUT2D eigenvalue weighted by Gasteiger charge is -2.28. The van der Waals surface area contributed by atoms with Gasteiger partial charge in [-0.3, -0.25) is 4.79 Å². The Kier molecular flexibility index (Phi) is 4.84. The number of halogens is 1. The molecule has 1 atom stereocenters. The minimum Gasteiger partial charge on any atom is -0.335 e. The summed E-state index contributed by atoms with van der Waals surface area (Å²) in [6.07, 6.45) is 1.05. The summed E-state index contributed by atoms with van der Waals surface area (Å²) in [7, 11) is 2.13. The molecule has 1 unspecified atom stereocenters. The smallest absolute Gasteiger partial charge is 0.255 e. The van der Waals surface area contributed by atoms with Gasteiger partial charge in [0, 0.05) is 22.7 Å². The monoisotopic (exact) mass is 372 g/mol. The highest BCUT2D eigenvalue weighted by Gasteiger charge is 2.26. The summed E-state index contributed by atoms with van der Waals surface area (Å²) in [5.41, 5.74) is 2.02. The zero-order valence-corrected chi connectivity index (χ0v) is 14.0. The van der Waals surface area contributed by atoms with Crippen LogP contribution in [0.1, 0.15) is 29.3 Å². The van der Waals surface area contributed by atoms with Gasteiger partial charge in [-0.25, -0.2) is 0 Å². The highest BCUT2D eigenvalue weighted by atomic mass is 127. The number of carbonyl (C=O) groups is 1. The first-order valence-electron chi connectivity index (χ1n) is 6.75. The molecule has 0 spiro atoms. The number of hydrogen-bond donors (Lipinski definition) is 0. The highest BCUT2D eigenvalue weighted by Crippen LogP contribution is 2.20. The Morgan fingerprint density at radius 2 is 2.11 bits per heavy atom. The molecule has 0 N–H and O–H groups in total. The molecule has 0 bridgehead atoms. The van der Waals surface area contributed by atoms with Gasteiger partial charge in [-0.05, 0) is 68.1 Å². The fourth-order valence-corrected chi connectivity index (χ4v) is 3.23. The Bertz CT molecular complexity index is 475. The van der Waals surface area contributed by atoms with Gasteiger partial charge in [0.05, 0.1) is 5.56 Å². The number of rotatable bonds is 1. The van der Waals surface area contributed by atoms with E-state index < -0.39 is 0 Å². The number of nitrogens with zero attached hydrogens (tertiary/aromatic N) is 2. The molecule has 0 radical (unpaired) electrons. The third-order valence-corrected chi connectivity index (χ3v) is 5.16. The van der Waals surface area contributed by atoms with Gasteiger partial charge in [0.2, 0.25) is 0 Å². The van der Waals surface area contributed by atoms with E-state index in [0.29, 0.717) is 0 Å². The van der Waals surface area contributed by atoms with E-state index in [1.165, 1.54) is 5.56 Å². The second-order valence-corrected chi connectivity index (χ2v) is 6.48. The van der Waals surface area contributed by atoms with Crippen LogP contribution in [0.25, 0.3) is 0 Å². The van der Waals surface area contributed by atoms with Crippen LogP contribution in [0.4, 0.5) is 0 Å². The van der Waals surface area contributed by atoms with Crippen molar-refractivity contribution >= 4 is 28.5 Å². The average molecular weight is 372 g/mol. The standard InChI is InChI=1S/C15H21IN2O/c1-11-6-4-7-13(14(11)16)15(19)18-9-5-8-17(3)10-12(18)2/h4,6-7,12H,5,8-10H2,1-3H3. The molecule has 0 aromatic heterocycles. The van der Waals surface area contributed by atoms with Crippen LogP contribution >= 0.6 is 22.6 Å². The molecule has 0 aliphatic carbocycles. The molecule has 1 fully saturated rings. The van der Waals surface area contributed by atoms with Gasteiger partial charge in [-0.15, -0.1) is 0 Å². The summed E-state index contributed by atoms with van der Waals surface area (Å²) in [5.74, 6) is 0.177. The lowest BCUT2D eigenvalue weighted by atomic mass is 10.1. The average Bonchev–Trinajstić information content (AvgIpc) is 2.53. The Hall–Kier alpha value is -0.620. The molecule has 1 aliphatic heterocycles. The minimum atomic E-state index is 0.177. The molecule has 4 heteroatoms. The third kappa shape index (κ3) is 3.28. The first-order chi connectivity index (χ1) is 9.00. The van der Waals surface area contributed by atoms with E-state index >= 15 is 0 Å². The molecule has 104 valence electrons. The maximum atomic E-state index is 12.7. The zero-order valence-electron chi connectivity index (χ0n) is 11.8. The van der Waals surface area contributed by atoms with E-state index in [1.807, 2.05) is 17.0 Å². The summed E-state index contributed by atoms with van der Waals surface area (Å²) in [6.45, 7) is 7.07. The summed E-state index contributed by atoms with van der Waals surface area (Å²) in [4.78, 5) is 17.1. The van der Waals surface area contributed by atoms with Crippen molar-refractivity contribution in [2.45, 2.75) is 26.3 Å². The van der Waals surface area contributed by atoms with Crippen molar-refractivity contribution in [3.63, 3.8) is 0 Å². The number of hydrogen-bond acceptors (Lipinski definition) is 2. The predicted molar refractivity (Wildman–Crippen MR) is 86.5 cm³/mol. The third-order valence-electron chi connectivity index (χ3n) is 3.73. The lowest BCUT2D eigenvalue weighted by Crippen LogP contribution is -2.42. The topological polar surface area (TPSA) is 23.6 Å². The van der Waals surface area contributed by atoms with Crippen molar-refractivity contribution in [2.24, 2.45) is 0 Å². The Morgan fingerprint density at radius 1 is 1.37 bits per heavy atom. The molecule has 19 heavy (non-hydrogen) atoms. The van der Waals surface area contributed by atoms with Gasteiger partial charge in [0.15, 0.2) is 0 Å². The molecule has 2 rings (SSSR count). The normalized spacial score (nSPS) is 21.3. The number of amides is 1. The van der Waals surface area contributed by atoms with Gasteiger partial charge in [-0.2, -0.15) is 0 Å². The van der Waals surface area contributed by atoms with Gasteiger partial charge < -0.3 is 9.80 Å². The van der Waals surface area contributed by atoms with Crippen LogP contribution in [0.15, 0.2) is 18.2 Å². The van der Waals surface area contributed by atoms with Crippen LogP contribution < -0.4 is 0 Å². The SMILES string of the molecule is Cc1cccc(C(=O)N2CCCN(C)CC2C)c1I. The van der Waals surface area contributed by atoms with Crippen molar-refractivity contribution in [1.29, 1.82) is 0 Å². The van der Waals surface area contributed by atoms with E-state index in [1.54, 1.807) is 0 Å². The quantitative estimate of drug-likeness (QED) is 0.708. The summed E-state index contributed by atoms with van der Waals surface area (Å²) in [6, 6.07) is 6.24. The predicted octanol–water partition coefficient (Wildman–Crippen LogP) is 2.77. The molecule has 1 aromatic carbocycles. The van der Waals surface area contributed by atoms with Crippen LogP contribution in [0.2, 0.25) is 0 Å².